The van der Waals surface area contributed by atoms with E-state index in [-0.39, 0.29) is 6.04 Å². The summed E-state index contributed by atoms with van der Waals surface area (Å²) in [6.07, 6.45) is 2.06. The van der Waals surface area contributed by atoms with E-state index < -0.39 is 0 Å². The third-order valence-corrected chi connectivity index (χ3v) is 3.79. The maximum absolute atomic E-state index is 5.88. The van der Waals surface area contributed by atoms with Crippen LogP contribution in [0.5, 0.6) is 0 Å². The summed E-state index contributed by atoms with van der Waals surface area (Å²) >= 11 is 0. The molecule has 3 nitrogen and oxygen atoms in total. The standard InChI is InChI=1S/C17H30N2O/c1-6-15(4)19(9-10-20-5)17-8-7-16(11-13(17)2)12-14(3)18/h7-8,11,14-15H,6,9-10,12,18H2,1-5H3. The third-order valence-electron chi connectivity index (χ3n) is 3.79. The van der Waals surface area contributed by atoms with Crippen molar-refractivity contribution in [3.63, 3.8) is 0 Å². The summed E-state index contributed by atoms with van der Waals surface area (Å²) in [5.41, 5.74) is 9.83. The molecule has 2 N–H and O–H groups in total. The molecule has 20 heavy (non-hydrogen) atoms. The van der Waals surface area contributed by atoms with E-state index in [2.05, 4.69) is 43.9 Å². The maximum Gasteiger partial charge on any atom is 0.0637 e. The Labute approximate surface area is 124 Å². The average Bonchev–Trinajstić information content (AvgIpc) is 2.40. The number of hydrogen-bond donors (Lipinski definition) is 1. The molecule has 2 unspecified atom stereocenters. The van der Waals surface area contributed by atoms with Crippen molar-refractivity contribution in [1.29, 1.82) is 0 Å². The predicted octanol–water partition coefficient (Wildman–Crippen LogP) is 3.14. The lowest BCUT2D eigenvalue weighted by molar-refractivity contribution is 0.203. The first-order valence-electron chi connectivity index (χ1n) is 7.60. The summed E-state index contributed by atoms with van der Waals surface area (Å²) in [5.74, 6) is 0. The second-order valence-corrected chi connectivity index (χ2v) is 5.75. The maximum atomic E-state index is 5.88. The van der Waals surface area contributed by atoms with Crippen LogP contribution in [0.15, 0.2) is 18.2 Å². The zero-order chi connectivity index (χ0) is 15.1. The van der Waals surface area contributed by atoms with E-state index in [9.17, 15) is 0 Å². The first-order chi connectivity index (χ1) is 9.49. The highest BCUT2D eigenvalue weighted by atomic mass is 16.5. The van der Waals surface area contributed by atoms with Crippen molar-refractivity contribution in [2.75, 3.05) is 25.2 Å². The molecule has 0 heterocycles. The normalized spacial score (nSPS) is 14.1. The summed E-state index contributed by atoms with van der Waals surface area (Å²) in [4.78, 5) is 2.44. The van der Waals surface area contributed by atoms with E-state index >= 15 is 0 Å². The van der Waals surface area contributed by atoms with Crippen molar-refractivity contribution in [3.05, 3.63) is 29.3 Å². The van der Waals surface area contributed by atoms with Crippen LogP contribution in [0.4, 0.5) is 5.69 Å². The van der Waals surface area contributed by atoms with E-state index in [1.54, 1.807) is 7.11 Å². The number of hydrogen-bond acceptors (Lipinski definition) is 3. The van der Waals surface area contributed by atoms with Gasteiger partial charge in [-0.05, 0) is 50.8 Å². The fraction of sp³-hybridized carbons (Fsp3) is 0.647. The highest BCUT2D eigenvalue weighted by molar-refractivity contribution is 5.55. The van der Waals surface area contributed by atoms with E-state index in [0.29, 0.717) is 6.04 Å². The molecule has 0 aliphatic carbocycles. The largest absolute Gasteiger partial charge is 0.383 e. The van der Waals surface area contributed by atoms with E-state index in [4.69, 9.17) is 10.5 Å². The first kappa shape index (κ1) is 17.0. The molecule has 2 atom stereocenters. The van der Waals surface area contributed by atoms with Gasteiger partial charge in [0.15, 0.2) is 0 Å². The van der Waals surface area contributed by atoms with Crippen molar-refractivity contribution in [1.82, 2.24) is 0 Å². The van der Waals surface area contributed by atoms with E-state index in [1.807, 2.05) is 6.92 Å². The molecule has 1 rings (SSSR count). The van der Waals surface area contributed by atoms with Crippen LogP contribution in [0.3, 0.4) is 0 Å². The lowest BCUT2D eigenvalue weighted by atomic mass is 10.0. The Morgan fingerprint density at radius 2 is 2.00 bits per heavy atom. The molecule has 0 saturated carbocycles. The monoisotopic (exact) mass is 278 g/mol. The number of anilines is 1. The Bertz CT molecular complexity index is 404. The van der Waals surface area contributed by atoms with Gasteiger partial charge in [-0.2, -0.15) is 0 Å². The van der Waals surface area contributed by atoms with Gasteiger partial charge >= 0.3 is 0 Å². The summed E-state index contributed by atoms with van der Waals surface area (Å²) < 4.78 is 5.25. The minimum Gasteiger partial charge on any atom is -0.383 e. The van der Waals surface area contributed by atoms with Crippen LogP contribution in [-0.4, -0.2) is 32.3 Å². The zero-order valence-corrected chi connectivity index (χ0v) is 13.6. The van der Waals surface area contributed by atoms with Gasteiger partial charge in [0.2, 0.25) is 0 Å². The summed E-state index contributed by atoms with van der Waals surface area (Å²) in [6, 6.07) is 7.42. The summed E-state index contributed by atoms with van der Waals surface area (Å²) in [6.45, 7) is 10.4. The zero-order valence-electron chi connectivity index (χ0n) is 13.6. The first-order valence-corrected chi connectivity index (χ1v) is 7.60. The molecule has 114 valence electrons. The number of methoxy groups -OCH3 is 1. The highest BCUT2D eigenvalue weighted by Crippen LogP contribution is 2.24. The number of nitrogens with zero attached hydrogens (tertiary/aromatic N) is 1. The molecule has 0 bridgehead atoms. The topological polar surface area (TPSA) is 38.5 Å². The average molecular weight is 278 g/mol. The molecular formula is C17H30N2O. The van der Waals surface area contributed by atoms with Crippen molar-refractivity contribution in [2.45, 2.75) is 52.6 Å². The molecule has 0 saturated heterocycles. The van der Waals surface area contributed by atoms with Gasteiger partial charge in [0.05, 0.1) is 6.61 Å². The van der Waals surface area contributed by atoms with Crippen molar-refractivity contribution in [2.24, 2.45) is 5.73 Å². The van der Waals surface area contributed by atoms with Crippen molar-refractivity contribution >= 4 is 5.69 Å². The van der Waals surface area contributed by atoms with Gasteiger partial charge in [-0.25, -0.2) is 0 Å². The second-order valence-electron chi connectivity index (χ2n) is 5.75. The van der Waals surface area contributed by atoms with E-state index in [0.717, 1.165) is 26.0 Å². The lowest BCUT2D eigenvalue weighted by Crippen LogP contribution is -2.36. The van der Waals surface area contributed by atoms with Gasteiger partial charge in [0.1, 0.15) is 0 Å². The summed E-state index contributed by atoms with van der Waals surface area (Å²) in [5, 5.41) is 0. The molecule has 0 fully saturated rings. The lowest BCUT2D eigenvalue weighted by Gasteiger charge is -2.32. The van der Waals surface area contributed by atoms with Gasteiger partial charge in [0.25, 0.3) is 0 Å². The second kappa shape index (κ2) is 8.28. The summed E-state index contributed by atoms with van der Waals surface area (Å²) in [7, 11) is 1.76. The number of aryl methyl sites for hydroxylation is 1. The number of benzene rings is 1. The smallest absolute Gasteiger partial charge is 0.0637 e. The van der Waals surface area contributed by atoms with Gasteiger partial charge in [-0.3, -0.25) is 0 Å². The molecule has 0 radical (unpaired) electrons. The number of ether oxygens (including phenoxy) is 1. The van der Waals surface area contributed by atoms with Gasteiger partial charge in [0, 0.05) is 31.4 Å². The molecule has 0 aromatic heterocycles. The van der Waals surface area contributed by atoms with Crippen LogP contribution in [0, 0.1) is 6.92 Å². The van der Waals surface area contributed by atoms with Crippen molar-refractivity contribution in [3.8, 4) is 0 Å². The Morgan fingerprint density at radius 3 is 2.50 bits per heavy atom. The fourth-order valence-corrected chi connectivity index (χ4v) is 2.53. The number of rotatable bonds is 8. The molecule has 0 spiro atoms. The minimum atomic E-state index is 0.208. The molecule has 0 aliphatic heterocycles. The highest BCUT2D eigenvalue weighted by Gasteiger charge is 2.15. The quantitative estimate of drug-likeness (QED) is 0.794. The Kier molecular flexibility index (Phi) is 7.03. The Balaban J connectivity index is 2.95. The fourth-order valence-electron chi connectivity index (χ4n) is 2.53. The molecular weight excluding hydrogens is 248 g/mol. The van der Waals surface area contributed by atoms with E-state index in [1.165, 1.54) is 16.8 Å². The Hall–Kier alpha value is -1.06. The molecule has 0 aliphatic rings. The van der Waals surface area contributed by atoms with Crippen LogP contribution in [0.1, 0.15) is 38.3 Å². The van der Waals surface area contributed by atoms with Gasteiger partial charge in [-0.15, -0.1) is 0 Å². The third kappa shape index (κ3) is 4.80. The van der Waals surface area contributed by atoms with Gasteiger partial charge in [-0.1, -0.05) is 19.1 Å². The van der Waals surface area contributed by atoms with Crippen molar-refractivity contribution < 1.29 is 4.74 Å². The molecule has 1 aromatic rings. The molecule has 1 aromatic carbocycles. The van der Waals surface area contributed by atoms with Crippen LogP contribution < -0.4 is 10.6 Å². The molecule has 3 heteroatoms. The minimum absolute atomic E-state index is 0.208. The van der Waals surface area contributed by atoms with Crippen LogP contribution >= 0.6 is 0 Å². The van der Waals surface area contributed by atoms with Gasteiger partial charge < -0.3 is 15.4 Å². The molecule has 0 amide bonds. The predicted molar refractivity (Wildman–Crippen MR) is 87.5 cm³/mol. The number of nitrogens with two attached hydrogens (primary N) is 1. The van der Waals surface area contributed by atoms with Crippen LogP contribution in [0.2, 0.25) is 0 Å². The van der Waals surface area contributed by atoms with Crippen LogP contribution in [0.25, 0.3) is 0 Å². The van der Waals surface area contributed by atoms with Crippen LogP contribution in [-0.2, 0) is 11.2 Å². The SMILES string of the molecule is CCC(C)N(CCOC)c1ccc(CC(C)N)cc1C. The Morgan fingerprint density at radius 1 is 1.30 bits per heavy atom.